The van der Waals surface area contributed by atoms with Crippen LogP contribution in [0.2, 0.25) is 0 Å². The smallest absolute Gasteiger partial charge is 0.193 e. The van der Waals surface area contributed by atoms with Crippen molar-refractivity contribution in [3.8, 4) is 5.75 Å². The fourth-order valence-corrected chi connectivity index (χ4v) is 1.34. The number of hydrogen-bond donors (Lipinski definition) is 0. The number of rotatable bonds is 6. The molecule has 0 unspecified atom stereocenters. The van der Waals surface area contributed by atoms with Crippen molar-refractivity contribution in [2.45, 2.75) is 6.10 Å². The van der Waals surface area contributed by atoms with Gasteiger partial charge in [0.25, 0.3) is 0 Å². The van der Waals surface area contributed by atoms with Crippen LogP contribution in [0.3, 0.4) is 0 Å². The van der Waals surface area contributed by atoms with Gasteiger partial charge >= 0.3 is 0 Å². The molecule has 0 aliphatic heterocycles. The van der Waals surface area contributed by atoms with Crippen LogP contribution in [-0.2, 0) is 9.47 Å². The van der Waals surface area contributed by atoms with E-state index in [1.807, 2.05) is 0 Å². The third kappa shape index (κ3) is 3.05. The molecule has 88 valence electrons. The molecule has 0 aliphatic carbocycles. The van der Waals surface area contributed by atoms with Gasteiger partial charge in [-0.05, 0) is 24.3 Å². The molecular weight excluding hydrogens is 208 g/mol. The Balaban J connectivity index is 2.78. The summed E-state index contributed by atoms with van der Waals surface area (Å²) in [4.78, 5) is 11.9. The SMILES string of the molecule is COC[C@H](OC)C(=O)c1ccc(OC)cc1. The number of Topliss-reactive ketones (excluding diaryl/α,β-unsaturated/α-hetero) is 1. The summed E-state index contributed by atoms with van der Waals surface area (Å²) >= 11 is 0. The molecule has 0 aliphatic rings. The van der Waals surface area contributed by atoms with Gasteiger partial charge in [-0.2, -0.15) is 0 Å². The number of benzene rings is 1. The number of carbonyl (C=O) groups excluding carboxylic acids is 1. The van der Waals surface area contributed by atoms with Crippen molar-refractivity contribution in [3.63, 3.8) is 0 Å². The summed E-state index contributed by atoms with van der Waals surface area (Å²) in [6, 6.07) is 6.91. The highest BCUT2D eigenvalue weighted by Gasteiger charge is 2.19. The van der Waals surface area contributed by atoms with E-state index in [-0.39, 0.29) is 12.4 Å². The highest BCUT2D eigenvalue weighted by molar-refractivity contribution is 5.99. The van der Waals surface area contributed by atoms with Crippen molar-refractivity contribution in [1.82, 2.24) is 0 Å². The number of carbonyl (C=O) groups is 1. The minimum absolute atomic E-state index is 0.0907. The van der Waals surface area contributed by atoms with E-state index in [2.05, 4.69) is 0 Å². The summed E-state index contributed by atoms with van der Waals surface area (Å²) in [7, 11) is 4.61. The van der Waals surface area contributed by atoms with Crippen molar-refractivity contribution >= 4 is 5.78 Å². The number of ketones is 1. The molecule has 0 saturated carbocycles. The van der Waals surface area contributed by atoms with Gasteiger partial charge in [-0.3, -0.25) is 4.79 Å². The van der Waals surface area contributed by atoms with E-state index in [4.69, 9.17) is 14.2 Å². The standard InChI is InChI=1S/C12H16O4/c1-14-8-11(16-3)12(13)9-4-6-10(15-2)7-5-9/h4-7,11H,8H2,1-3H3/t11-/m0/s1. The van der Waals surface area contributed by atoms with Crippen LogP contribution in [0.5, 0.6) is 5.75 Å². The van der Waals surface area contributed by atoms with Crippen LogP contribution < -0.4 is 4.74 Å². The van der Waals surface area contributed by atoms with Crippen LogP contribution in [-0.4, -0.2) is 39.8 Å². The van der Waals surface area contributed by atoms with Crippen molar-refractivity contribution in [2.75, 3.05) is 27.9 Å². The van der Waals surface area contributed by atoms with Gasteiger partial charge in [-0.25, -0.2) is 0 Å². The van der Waals surface area contributed by atoms with Crippen molar-refractivity contribution in [1.29, 1.82) is 0 Å². The van der Waals surface area contributed by atoms with Gasteiger partial charge in [-0.1, -0.05) is 0 Å². The van der Waals surface area contributed by atoms with Gasteiger partial charge in [0, 0.05) is 19.8 Å². The lowest BCUT2D eigenvalue weighted by molar-refractivity contribution is 0.0270. The second-order valence-corrected chi connectivity index (χ2v) is 3.27. The van der Waals surface area contributed by atoms with E-state index in [0.717, 1.165) is 5.75 Å². The van der Waals surface area contributed by atoms with Crippen LogP contribution in [0, 0.1) is 0 Å². The Hall–Kier alpha value is -1.39. The zero-order valence-corrected chi connectivity index (χ0v) is 9.73. The fraction of sp³-hybridized carbons (Fsp3) is 0.417. The lowest BCUT2D eigenvalue weighted by Crippen LogP contribution is -2.27. The highest BCUT2D eigenvalue weighted by Crippen LogP contribution is 2.13. The molecule has 0 saturated heterocycles. The molecule has 0 N–H and O–H groups in total. The van der Waals surface area contributed by atoms with Crippen LogP contribution in [0.1, 0.15) is 10.4 Å². The average molecular weight is 224 g/mol. The molecule has 0 heterocycles. The molecule has 0 spiro atoms. The first-order valence-corrected chi connectivity index (χ1v) is 4.93. The predicted molar refractivity (Wildman–Crippen MR) is 60.0 cm³/mol. The van der Waals surface area contributed by atoms with Crippen molar-refractivity contribution in [3.05, 3.63) is 29.8 Å². The summed E-state index contributed by atoms with van der Waals surface area (Å²) in [6.45, 7) is 0.251. The van der Waals surface area contributed by atoms with Crippen LogP contribution in [0.25, 0.3) is 0 Å². The second-order valence-electron chi connectivity index (χ2n) is 3.27. The minimum Gasteiger partial charge on any atom is -0.497 e. The molecule has 0 fully saturated rings. The van der Waals surface area contributed by atoms with E-state index in [1.54, 1.807) is 31.4 Å². The van der Waals surface area contributed by atoms with Gasteiger partial charge in [-0.15, -0.1) is 0 Å². The second kappa shape index (κ2) is 6.25. The van der Waals surface area contributed by atoms with E-state index in [9.17, 15) is 4.79 Å². The van der Waals surface area contributed by atoms with E-state index in [0.29, 0.717) is 5.56 Å². The first-order valence-electron chi connectivity index (χ1n) is 4.93. The maximum absolute atomic E-state index is 11.9. The van der Waals surface area contributed by atoms with E-state index in [1.165, 1.54) is 14.2 Å². The summed E-state index contributed by atoms with van der Waals surface area (Å²) in [5, 5.41) is 0. The van der Waals surface area contributed by atoms with Crippen LogP contribution >= 0.6 is 0 Å². The number of methoxy groups -OCH3 is 3. The Labute approximate surface area is 95.1 Å². The van der Waals surface area contributed by atoms with E-state index >= 15 is 0 Å². The summed E-state index contributed by atoms with van der Waals surface area (Å²) < 4.78 is 15.0. The minimum atomic E-state index is -0.557. The number of ether oxygens (including phenoxy) is 3. The molecule has 4 heteroatoms. The molecule has 0 radical (unpaired) electrons. The molecule has 4 nitrogen and oxygen atoms in total. The lowest BCUT2D eigenvalue weighted by atomic mass is 10.1. The van der Waals surface area contributed by atoms with Crippen molar-refractivity contribution in [2.24, 2.45) is 0 Å². The summed E-state index contributed by atoms with van der Waals surface area (Å²) in [5.41, 5.74) is 0.588. The van der Waals surface area contributed by atoms with Gasteiger partial charge in [0.1, 0.15) is 11.9 Å². The zero-order chi connectivity index (χ0) is 12.0. The van der Waals surface area contributed by atoms with Gasteiger partial charge in [0.15, 0.2) is 5.78 Å². The number of hydrogen-bond acceptors (Lipinski definition) is 4. The van der Waals surface area contributed by atoms with Gasteiger partial charge in [0.05, 0.1) is 13.7 Å². The monoisotopic (exact) mass is 224 g/mol. The first kappa shape index (κ1) is 12.7. The first-order chi connectivity index (χ1) is 7.72. The molecule has 16 heavy (non-hydrogen) atoms. The normalized spacial score (nSPS) is 12.2. The maximum atomic E-state index is 11.9. The topological polar surface area (TPSA) is 44.8 Å². The summed E-state index contributed by atoms with van der Waals surface area (Å²) in [6.07, 6.45) is -0.557. The Bertz CT molecular complexity index is 331. The predicted octanol–water partition coefficient (Wildman–Crippen LogP) is 1.54. The Morgan fingerprint density at radius 1 is 1.19 bits per heavy atom. The van der Waals surface area contributed by atoms with Crippen LogP contribution in [0.15, 0.2) is 24.3 Å². The Kier molecular flexibility index (Phi) is 4.95. The molecule has 1 rings (SSSR count). The zero-order valence-electron chi connectivity index (χ0n) is 9.73. The Morgan fingerprint density at radius 3 is 2.25 bits per heavy atom. The third-order valence-electron chi connectivity index (χ3n) is 2.27. The third-order valence-corrected chi connectivity index (χ3v) is 2.27. The molecule has 0 amide bonds. The van der Waals surface area contributed by atoms with Gasteiger partial charge < -0.3 is 14.2 Å². The largest absolute Gasteiger partial charge is 0.497 e. The summed E-state index contributed by atoms with van der Waals surface area (Å²) in [5.74, 6) is 0.629. The van der Waals surface area contributed by atoms with E-state index < -0.39 is 6.10 Å². The lowest BCUT2D eigenvalue weighted by Gasteiger charge is -2.13. The molecule has 0 bridgehead atoms. The van der Waals surface area contributed by atoms with Crippen molar-refractivity contribution < 1.29 is 19.0 Å². The molecule has 1 aromatic rings. The molecule has 1 atom stereocenters. The highest BCUT2D eigenvalue weighted by atomic mass is 16.5. The quantitative estimate of drug-likeness (QED) is 0.687. The Morgan fingerprint density at radius 2 is 1.81 bits per heavy atom. The average Bonchev–Trinajstić information content (AvgIpc) is 2.35. The molecule has 0 aromatic heterocycles. The maximum Gasteiger partial charge on any atom is 0.193 e. The fourth-order valence-electron chi connectivity index (χ4n) is 1.34. The molecular formula is C12H16O4. The van der Waals surface area contributed by atoms with Crippen LogP contribution in [0.4, 0.5) is 0 Å². The molecule has 1 aromatic carbocycles. The van der Waals surface area contributed by atoms with Gasteiger partial charge in [0.2, 0.25) is 0 Å².